The number of hydrogen-bond acceptors (Lipinski definition) is 3. The Morgan fingerprint density at radius 3 is 2.03 bits per heavy atom. The van der Waals surface area contributed by atoms with Crippen LogP contribution in [0.3, 0.4) is 0 Å². The van der Waals surface area contributed by atoms with E-state index in [1.807, 2.05) is 13.0 Å². The Bertz CT molecular complexity index is 1430. The highest BCUT2D eigenvalue weighted by Gasteiger charge is 2.33. The van der Waals surface area contributed by atoms with Gasteiger partial charge in [0.2, 0.25) is 0 Å². The van der Waals surface area contributed by atoms with E-state index in [1.165, 1.54) is 12.1 Å². The second-order valence-electron chi connectivity index (χ2n) is 7.89. The number of alkyl halides is 3. The highest BCUT2D eigenvalue weighted by atomic mass is 19.4. The van der Waals surface area contributed by atoms with E-state index in [0.717, 1.165) is 48.2 Å². The van der Waals surface area contributed by atoms with E-state index in [1.54, 1.807) is 18.2 Å². The topological polar surface area (TPSA) is 50.3 Å². The van der Waals surface area contributed by atoms with E-state index < -0.39 is 40.5 Å². The molecule has 182 valence electrons. The molecular weight excluding hydrogens is 479 g/mol. The first kappa shape index (κ1) is 24.7. The molecule has 0 fully saturated rings. The van der Waals surface area contributed by atoms with Gasteiger partial charge in [0.05, 0.1) is 5.56 Å². The molecule has 0 N–H and O–H groups in total. The van der Waals surface area contributed by atoms with Gasteiger partial charge in [-0.25, -0.2) is 13.8 Å². The summed E-state index contributed by atoms with van der Waals surface area (Å²) < 4.78 is 69.0. The van der Waals surface area contributed by atoms with E-state index in [4.69, 9.17) is 0 Å². The Hall–Kier alpha value is -4.40. The van der Waals surface area contributed by atoms with Crippen LogP contribution in [0.5, 0.6) is 0 Å². The zero-order valence-corrected chi connectivity index (χ0v) is 18.7. The fourth-order valence-electron chi connectivity index (χ4n) is 3.59. The van der Waals surface area contributed by atoms with Crippen LogP contribution < -0.4 is 4.90 Å². The number of carbonyl (C=O) groups is 2. The molecule has 36 heavy (non-hydrogen) atoms. The molecule has 1 aromatic heterocycles. The monoisotopic (exact) mass is 496 g/mol. The number of hydrogen-bond donors (Lipinski definition) is 0. The van der Waals surface area contributed by atoms with Gasteiger partial charge >= 0.3 is 6.18 Å². The highest BCUT2D eigenvalue weighted by molar-refractivity contribution is 6.11. The predicted molar refractivity (Wildman–Crippen MR) is 123 cm³/mol. The van der Waals surface area contributed by atoms with Crippen LogP contribution in [0.2, 0.25) is 0 Å². The lowest BCUT2D eigenvalue weighted by molar-refractivity contribution is -0.137. The third-order valence-corrected chi connectivity index (χ3v) is 5.32. The van der Waals surface area contributed by atoms with Crippen molar-refractivity contribution in [2.24, 2.45) is 0 Å². The van der Waals surface area contributed by atoms with Gasteiger partial charge in [-0.3, -0.25) is 14.5 Å². The number of aryl methyl sites for hydroxylation is 1. The summed E-state index contributed by atoms with van der Waals surface area (Å²) in [6.45, 7) is 1.82. The summed E-state index contributed by atoms with van der Waals surface area (Å²) in [5, 5.41) is 0. The molecule has 1 amide bonds. The van der Waals surface area contributed by atoms with E-state index in [-0.39, 0.29) is 17.2 Å². The van der Waals surface area contributed by atoms with Crippen LogP contribution in [0.25, 0.3) is 0 Å². The molecule has 9 heteroatoms. The Kier molecular flexibility index (Phi) is 6.65. The number of carbonyl (C=O) groups excluding carboxylic acids is 2. The summed E-state index contributed by atoms with van der Waals surface area (Å²) in [4.78, 5) is 30.7. The second-order valence-corrected chi connectivity index (χ2v) is 7.89. The van der Waals surface area contributed by atoms with E-state index in [9.17, 15) is 31.5 Å². The predicted octanol–water partition coefficient (Wildman–Crippen LogP) is 6.90. The maximum Gasteiger partial charge on any atom is 0.416 e. The van der Waals surface area contributed by atoms with Crippen molar-refractivity contribution in [1.82, 2.24) is 4.98 Å². The number of benzene rings is 3. The van der Waals surface area contributed by atoms with E-state index in [2.05, 4.69) is 4.98 Å². The van der Waals surface area contributed by atoms with Crippen molar-refractivity contribution in [2.75, 3.05) is 4.90 Å². The van der Waals surface area contributed by atoms with Gasteiger partial charge < -0.3 is 0 Å². The molecular formula is C27H17F5N2O2. The maximum atomic E-state index is 14.7. The average Bonchev–Trinajstić information content (AvgIpc) is 2.85. The van der Waals surface area contributed by atoms with Crippen molar-refractivity contribution in [2.45, 2.75) is 13.1 Å². The standard InChI is InChI=1S/C27H17F5N2O2/c1-16-5-2-6-17(13-16)25(35)19-11-12-23(33-15-19)34(24-21(28)9-4-10-22(24)29)26(36)18-7-3-8-20(14-18)27(30,31)32/h2-15H,1H3. The van der Waals surface area contributed by atoms with Gasteiger partial charge in [0, 0.05) is 22.9 Å². The quantitative estimate of drug-likeness (QED) is 0.223. The molecule has 3 aromatic carbocycles. The van der Waals surface area contributed by atoms with Gasteiger partial charge in [0.15, 0.2) is 5.78 Å². The maximum absolute atomic E-state index is 14.7. The summed E-state index contributed by atoms with van der Waals surface area (Å²) in [5.41, 5.74) is -0.988. The molecule has 0 radical (unpaired) electrons. The van der Waals surface area contributed by atoms with Gasteiger partial charge in [0.25, 0.3) is 5.91 Å². The Morgan fingerprint density at radius 2 is 1.42 bits per heavy atom. The molecule has 1 heterocycles. The zero-order valence-electron chi connectivity index (χ0n) is 18.7. The van der Waals surface area contributed by atoms with Gasteiger partial charge in [-0.2, -0.15) is 13.2 Å². The number of anilines is 2. The van der Waals surface area contributed by atoms with Gasteiger partial charge in [0.1, 0.15) is 23.1 Å². The number of aromatic nitrogens is 1. The third-order valence-electron chi connectivity index (χ3n) is 5.32. The van der Waals surface area contributed by atoms with Crippen LogP contribution in [-0.4, -0.2) is 16.7 Å². The highest BCUT2D eigenvalue weighted by Crippen LogP contribution is 2.33. The largest absolute Gasteiger partial charge is 0.416 e. The van der Waals surface area contributed by atoms with Crippen molar-refractivity contribution < 1.29 is 31.5 Å². The van der Waals surface area contributed by atoms with Crippen LogP contribution in [-0.2, 0) is 6.18 Å². The third kappa shape index (κ3) is 5.00. The first-order valence-electron chi connectivity index (χ1n) is 10.6. The summed E-state index contributed by atoms with van der Waals surface area (Å²) >= 11 is 0. The fourth-order valence-corrected chi connectivity index (χ4v) is 3.59. The van der Waals surface area contributed by atoms with Crippen LogP contribution >= 0.6 is 0 Å². The lowest BCUT2D eigenvalue weighted by Crippen LogP contribution is -2.29. The number of pyridine rings is 1. The minimum atomic E-state index is -4.74. The van der Waals surface area contributed by atoms with Crippen molar-refractivity contribution in [3.8, 4) is 0 Å². The normalized spacial score (nSPS) is 11.3. The Morgan fingerprint density at radius 1 is 0.778 bits per heavy atom. The van der Waals surface area contributed by atoms with Crippen LogP contribution in [0, 0.1) is 18.6 Å². The number of halogens is 5. The SMILES string of the molecule is Cc1cccc(C(=O)c2ccc(N(C(=O)c3cccc(C(F)(F)F)c3)c3c(F)cccc3F)nc2)c1. The number of rotatable bonds is 5. The number of para-hydroxylation sites is 1. The van der Waals surface area contributed by atoms with Crippen molar-refractivity contribution in [3.05, 3.63) is 125 Å². The first-order valence-corrected chi connectivity index (χ1v) is 10.6. The second kappa shape index (κ2) is 9.69. The van der Waals surface area contributed by atoms with Gasteiger partial charge in [-0.1, -0.05) is 35.9 Å². The molecule has 4 rings (SSSR count). The molecule has 0 aliphatic heterocycles. The van der Waals surface area contributed by atoms with E-state index >= 15 is 0 Å². The van der Waals surface area contributed by atoms with E-state index in [0.29, 0.717) is 16.5 Å². The molecule has 4 nitrogen and oxygen atoms in total. The molecule has 0 saturated heterocycles. The van der Waals surface area contributed by atoms with Crippen molar-refractivity contribution in [1.29, 1.82) is 0 Å². The molecule has 0 aliphatic carbocycles. The Labute approximate surface area is 202 Å². The molecule has 0 spiro atoms. The number of ketones is 1. The van der Waals surface area contributed by atoms with Crippen molar-refractivity contribution >= 4 is 23.2 Å². The number of nitrogens with zero attached hydrogens (tertiary/aromatic N) is 2. The molecule has 4 aromatic rings. The van der Waals surface area contributed by atoms with Crippen LogP contribution in [0.1, 0.15) is 37.4 Å². The number of amides is 1. The summed E-state index contributed by atoms with van der Waals surface area (Å²) in [7, 11) is 0. The summed E-state index contributed by atoms with van der Waals surface area (Å²) in [6.07, 6.45) is -3.61. The molecule has 0 saturated carbocycles. The molecule has 0 unspecified atom stereocenters. The molecule has 0 atom stereocenters. The summed E-state index contributed by atoms with van der Waals surface area (Å²) in [5.74, 6) is -4.06. The van der Waals surface area contributed by atoms with Gasteiger partial charge in [-0.05, 0) is 55.5 Å². The minimum Gasteiger partial charge on any atom is -0.289 e. The zero-order chi connectivity index (χ0) is 26.0. The Balaban J connectivity index is 1.79. The summed E-state index contributed by atoms with van der Waals surface area (Å²) in [6, 6.07) is 15.7. The minimum absolute atomic E-state index is 0.143. The molecule has 0 aliphatic rings. The smallest absolute Gasteiger partial charge is 0.289 e. The lowest BCUT2D eigenvalue weighted by atomic mass is 10.0. The average molecular weight is 496 g/mol. The van der Waals surface area contributed by atoms with Crippen LogP contribution in [0.4, 0.5) is 33.5 Å². The fraction of sp³-hybridized carbons (Fsp3) is 0.0741. The molecule has 0 bridgehead atoms. The van der Waals surface area contributed by atoms with Crippen LogP contribution in [0.15, 0.2) is 85.1 Å². The first-order chi connectivity index (χ1) is 17.1. The van der Waals surface area contributed by atoms with Gasteiger partial charge in [-0.15, -0.1) is 0 Å². The van der Waals surface area contributed by atoms with Crippen molar-refractivity contribution in [3.63, 3.8) is 0 Å². The lowest BCUT2D eigenvalue weighted by Gasteiger charge is -2.23.